The first-order valence-electron chi connectivity index (χ1n) is 14.3. The monoisotopic (exact) mass is 460 g/mol. The molecule has 5 nitrogen and oxygen atoms in total. The SMILES string of the molecule is C[C@]12C[C@H](N3CCOCC3)[C@@H](O)C[C@@H]1CC[C@@H]1[C@@H]2CC[C@]2(C)[C@@H](O)[C@@H](N3CCCCC3)C[C@@H]12. The summed E-state index contributed by atoms with van der Waals surface area (Å²) in [6.45, 7) is 11.0. The van der Waals surface area contributed by atoms with Gasteiger partial charge in [0.2, 0.25) is 0 Å². The molecule has 0 radical (unpaired) electrons. The maximum Gasteiger partial charge on any atom is 0.0751 e. The molecule has 6 aliphatic rings. The molecule has 188 valence electrons. The van der Waals surface area contributed by atoms with Crippen molar-refractivity contribution in [2.24, 2.45) is 34.5 Å². The Labute approximate surface area is 201 Å². The maximum atomic E-state index is 11.6. The van der Waals surface area contributed by atoms with Crippen molar-refractivity contribution in [3.63, 3.8) is 0 Å². The van der Waals surface area contributed by atoms with E-state index in [1.165, 1.54) is 64.5 Å². The minimum absolute atomic E-state index is 0.101. The van der Waals surface area contributed by atoms with Crippen LogP contribution in [0.2, 0.25) is 0 Å². The Kier molecular flexibility index (Phi) is 6.14. The lowest BCUT2D eigenvalue weighted by molar-refractivity contribution is -0.158. The minimum atomic E-state index is -0.177. The van der Waals surface area contributed by atoms with Crippen LogP contribution in [0.4, 0.5) is 0 Å². The molecule has 0 amide bonds. The Morgan fingerprint density at radius 1 is 0.758 bits per heavy atom. The van der Waals surface area contributed by atoms with Gasteiger partial charge in [0.25, 0.3) is 0 Å². The highest BCUT2D eigenvalue weighted by molar-refractivity contribution is 5.14. The lowest BCUT2D eigenvalue weighted by Gasteiger charge is -2.62. The number of hydrogen-bond donors (Lipinski definition) is 2. The summed E-state index contributed by atoms with van der Waals surface area (Å²) in [5.41, 5.74) is 0.435. The van der Waals surface area contributed by atoms with Crippen molar-refractivity contribution in [2.75, 3.05) is 39.4 Å². The Balaban J connectivity index is 1.24. The predicted molar refractivity (Wildman–Crippen MR) is 130 cm³/mol. The van der Waals surface area contributed by atoms with E-state index < -0.39 is 0 Å². The molecule has 6 rings (SSSR count). The number of morpholine rings is 1. The molecular weight excluding hydrogens is 412 g/mol. The van der Waals surface area contributed by atoms with Gasteiger partial charge in [0.05, 0.1) is 25.4 Å². The third kappa shape index (κ3) is 3.66. The van der Waals surface area contributed by atoms with E-state index >= 15 is 0 Å². The number of likely N-dealkylation sites (tertiary alicyclic amines) is 1. The molecule has 6 fully saturated rings. The molecule has 0 aromatic heterocycles. The third-order valence-corrected chi connectivity index (χ3v) is 12.0. The molecule has 2 N–H and O–H groups in total. The van der Waals surface area contributed by atoms with Crippen LogP contribution in [0.5, 0.6) is 0 Å². The van der Waals surface area contributed by atoms with Gasteiger partial charge in [0, 0.05) is 25.2 Å². The molecule has 4 saturated carbocycles. The van der Waals surface area contributed by atoms with Crippen LogP contribution < -0.4 is 0 Å². The molecule has 0 aromatic carbocycles. The molecule has 2 heterocycles. The van der Waals surface area contributed by atoms with E-state index in [0.29, 0.717) is 29.3 Å². The van der Waals surface area contributed by atoms with E-state index in [0.717, 1.165) is 51.0 Å². The van der Waals surface area contributed by atoms with Crippen LogP contribution in [0.15, 0.2) is 0 Å². The molecule has 0 spiro atoms. The summed E-state index contributed by atoms with van der Waals surface area (Å²) in [5, 5.41) is 22.8. The first-order valence-corrected chi connectivity index (χ1v) is 14.3. The Morgan fingerprint density at radius 2 is 1.48 bits per heavy atom. The first kappa shape index (κ1) is 23.2. The quantitative estimate of drug-likeness (QED) is 0.660. The smallest absolute Gasteiger partial charge is 0.0751 e. The van der Waals surface area contributed by atoms with Crippen LogP contribution in [0, 0.1) is 34.5 Å². The second-order valence-corrected chi connectivity index (χ2v) is 13.3. The molecular formula is C28H48N2O3. The van der Waals surface area contributed by atoms with E-state index in [2.05, 4.69) is 23.6 Å². The standard InChI is InChI=1S/C28H48N2O3/c1-27-9-8-21-20(22(27)17-23(26(27)32)29-10-4-3-5-11-29)7-6-19-16-25(31)24(18-28(19,21)2)30-12-14-33-15-13-30/h19-26,31-32H,3-18H2,1-2H3/t19-,20+,21-,22-,23-,24-,25-,26-,27-,28-/m0/s1. The van der Waals surface area contributed by atoms with Gasteiger partial charge in [-0.05, 0) is 105 Å². The van der Waals surface area contributed by atoms with Gasteiger partial charge in [-0.25, -0.2) is 0 Å². The molecule has 2 saturated heterocycles. The highest BCUT2D eigenvalue weighted by Gasteiger charge is 2.63. The molecule has 0 unspecified atom stereocenters. The Bertz CT molecular complexity index is 707. The molecule has 10 atom stereocenters. The molecule has 33 heavy (non-hydrogen) atoms. The summed E-state index contributed by atoms with van der Waals surface area (Å²) in [6.07, 6.45) is 12.1. The summed E-state index contributed by atoms with van der Waals surface area (Å²) in [5.74, 6) is 2.86. The molecule has 4 aliphatic carbocycles. The van der Waals surface area contributed by atoms with Gasteiger partial charge in [-0.2, -0.15) is 0 Å². The summed E-state index contributed by atoms with van der Waals surface area (Å²) in [6, 6.07) is 0.691. The van der Waals surface area contributed by atoms with Gasteiger partial charge < -0.3 is 14.9 Å². The van der Waals surface area contributed by atoms with E-state index in [9.17, 15) is 10.2 Å². The fourth-order valence-corrected chi connectivity index (χ4v) is 10.1. The zero-order valence-corrected chi connectivity index (χ0v) is 21.1. The van der Waals surface area contributed by atoms with Crippen LogP contribution >= 0.6 is 0 Å². The average Bonchev–Trinajstić information content (AvgIpc) is 3.11. The minimum Gasteiger partial charge on any atom is -0.391 e. The van der Waals surface area contributed by atoms with E-state index in [1.54, 1.807) is 0 Å². The van der Waals surface area contributed by atoms with E-state index in [1.807, 2.05) is 0 Å². The average molecular weight is 461 g/mol. The highest BCUT2D eigenvalue weighted by atomic mass is 16.5. The van der Waals surface area contributed by atoms with Gasteiger partial charge in [-0.15, -0.1) is 0 Å². The molecule has 2 aliphatic heterocycles. The largest absolute Gasteiger partial charge is 0.391 e. The normalized spacial score (nSPS) is 53.8. The van der Waals surface area contributed by atoms with Crippen LogP contribution in [0.1, 0.15) is 78.1 Å². The number of nitrogens with zero attached hydrogens (tertiary/aromatic N) is 2. The summed E-state index contributed by atoms with van der Waals surface area (Å²) in [7, 11) is 0. The summed E-state index contributed by atoms with van der Waals surface area (Å²) >= 11 is 0. The van der Waals surface area contributed by atoms with Gasteiger partial charge in [0.15, 0.2) is 0 Å². The fourth-order valence-electron chi connectivity index (χ4n) is 10.1. The van der Waals surface area contributed by atoms with Gasteiger partial charge in [-0.1, -0.05) is 20.3 Å². The number of aliphatic hydroxyl groups is 2. The lowest BCUT2D eigenvalue weighted by Crippen LogP contribution is -2.61. The van der Waals surface area contributed by atoms with Crippen LogP contribution in [-0.2, 0) is 4.74 Å². The second-order valence-electron chi connectivity index (χ2n) is 13.3. The maximum absolute atomic E-state index is 11.6. The number of piperidine rings is 1. The zero-order valence-electron chi connectivity index (χ0n) is 21.1. The summed E-state index contributed by atoms with van der Waals surface area (Å²) in [4.78, 5) is 5.20. The van der Waals surface area contributed by atoms with Gasteiger partial charge >= 0.3 is 0 Å². The predicted octanol–water partition coefficient (Wildman–Crippen LogP) is 3.53. The Morgan fingerprint density at radius 3 is 2.24 bits per heavy atom. The van der Waals surface area contributed by atoms with Crippen molar-refractivity contribution in [2.45, 2.75) is 102 Å². The first-order chi connectivity index (χ1) is 15.9. The molecule has 0 bridgehead atoms. The van der Waals surface area contributed by atoms with E-state index in [-0.39, 0.29) is 17.6 Å². The second kappa shape index (κ2) is 8.73. The van der Waals surface area contributed by atoms with Crippen molar-refractivity contribution in [1.29, 1.82) is 0 Å². The summed E-state index contributed by atoms with van der Waals surface area (Å²) < 4.78 is 5.62. The zero-order chi connectivity index (χ0) is 22.8. The molecule has 0 aromatic rings. The third-order valence-electron chi connectivity index (χ3n) is 12.0. The van der Waals surface area contributed by atoms with Crippen molar-refractivity contribution in [3.8, 4) is 0 Å². The lowest BCUT2D eigenvalue weighted by atomic mass is 9.44. The van der Waals surface area contributed by atoms with Crippen LogP contribution in [-0.4, -0.2) is 83.7 Å². The topological polar surface area (TPSA) is 56.2 Å². The number of aliphatic hydroxyl groups excluding tert-OH is 2. The Hall–Kier alpha value is -0.200. The van der Waals surface area contributed by atoms with Gasteiger partial charge in [0.1, 0.15) is 0 Å². The van der Waals surface area contributed by atoms with Crippen molar-refractivity contribution in [3.05, 3.63) is 0 Å². The van der Waals surface area contributed by atoms with Crippen molar-refractivity contribution < 1.29 is 14.9 Å². The van der Waals surface area contributed by atoms with Gasteiger partial charge in [-0.3, -0.25) is 9.80 Å². The number of ether oxygens (including phenoxy) is 1. The number of fused-ring (bicyclic) bond motifs is 5. The number of rotatable bonds is 2. The molecule has 5 heteroatoms. The van der Waals surface area contributed by atoms with Crippen LogP contribution in [0.3, 0.4) is 0 Å². The fraction of sp³-hybridized carbons (Fsp3) is 1.00. The number of hydrogen-bond acceptors (Lipinski definition) is 5. The van der Waals surface area contributed by atoms with Crippen LogP contribution in [0.25, 0.3) is 0 Å². The van der Waals surface area contributed by atoms with Crippen molar-refractivity contribution >= 4 is 0 Å². The van der Waals surface area contributed by atoms with E-state index in [4.69, 9.17) is 4.74 Å². The van der Waals surface area contributed by atoms with Crippen molar-refractivity contribution in [1.82, 2.24) is 9.80 Å². The highest BCUT2D eigenvalue weighted by Crippen LogP contribution is 2.66.